The topological polar surface area (TPSA) is 26.3 Å². The quantitative estimate of drug-likeness (QED) is 0.757. The van der Waals surface area contributed by atoms with E-state index in [0.717, 1.165) is 15.8 Å². The molecule has 0 N–H and O–H groups in total. The highest BCUT2D eigenvalue weighted by molar-refractivity contribution is 9.10. The van der Waals surface area contributed by atoms with Gasteiger partial charge in [-0.1, -0.05) is 17.7 Å². The third-order valence-electron chi connectivity index (χ3n) is 2.43. The molecule has 2 aromatic rings. The summed E-state index contributed by atoms with van der Waals surface area (Å²) in [5, 5.41) is 0. The van der Waals surface area contributed by atoms with Crippen LogP contribution in [0.2, 0.25) is 4.34 Å². The fourth-order valence-corrected chi connectivity index (χ4v) is 3.13. The summed E-state index contributed by atoms with van der Waals surface area (Å²) < 4.78 is 6.63. The summed E-state index contributed by atoms with van der Waals surface area (Å²) in [7, 11) is 1.61. The monoisotopic (exact) mass is 344 g/mol. The van der Waals surface area contributed by atoms with Crippen molar-refractivity contribution in [1.82, 2.24) is 0 Å². The Morgan fingerprint density at radius 1 is 1.39 bits per heavy atom. The van der Waals surface area contributed by atoms with Gasteiger partial charge in [-0.15, -0.1) is 11.3 Å². The Balaban J connectivity index is 2.14. The molecular weight excluding hydrogens is 336 g/mol. The summed E-state index contributed by atoms with van der Waals surface area (Å²) >= 11 is 10.5. The Bertz CT molecular complexity index is 580. The number of hydrogen-bond donors (Lipinski definition) is 0. The Morgan fingerprint density at radius 2 is 2.17 bits per heavy atom. The lowest BCUT2D eigenvalue weighted by atomic mass is 10.1. The average molecular weight is 346 g/mol. The van der Waals surface area contributed by atoms with Crippen molar-refractivity contribution in [1.29, 1.82) is 0 Å². The Labute approximate surface area is 123 Å². The third kappa shape index (κ3) is 3.13. The van der Waals surface area contributed by atoms with E-state index < -0.39 is 0 Å². The van der Waals surface area contributed by atoms with Gasteiger partial charge in [0, 0.05) is 6.42 Å². The fraction of sp³-hybridized carbons (Fsp3) is 0.154. The summed E-state index contributed by atoms with van der Waals surface area (Å²) in [4.78, 5) is 12.7. The molecule has 1 aromatic heterocycles. The zero-order valence-corrected chi connectivity index (χ0v) is 12.7. The number of Topliss-reactive ketones (excluding diaryl/α,β-unsaturated/α-hetero) is 1. The summed E-state index contributed by atoms with van der Waals surface area (Å²) in [6, 6.07) is 9.12. The van der Waals surface area contributed by atoms with Crippen molar-refractivity contribution in [2.75, 3.05) is 7.11 Å². The largest absolute Gasteiger partial charge is 0.496 e. The first-order valence-corrected chi connectivity index (χ1v) is 7.20. The molecule has 0 spiro atoms. The average Bonchev–Trinajstić information content (AvgIpc) is 2.76. The predicted octanol–water partition coefficient (Wildman–Crippen LogP) is 4.60. The van der Waals surface area contributed by atoms with Crippen molar-refractivity contribution < 1.29 is 9.53 Å². The predicted molar refractivity (Wildman–Crippen MR) is 78.1 cm³/mol. The smallest absolute Gasteiger partial charge is 0.177 e. The van der Waals surface area contributed by atoms with Crippen molar-refractivity contribution in [3.63, 3.8) is 0 Å². The van der Waals surface area contributed by atoms with Crippen LogP contribution in [0.25, 0.3) is 0 Å². The van der Waals surface area contributed by atoms with Crippen LogP contribution in [0.15, 0.2) is 34.8 Å². The molecule has 0 bridgehead atoms. The molecule has 94 valence electrons. The van der Waals surface area contributed by atoms with E-state index in [9.17, 15) is 4.79 Å². The van der Waals surface area contributed by atoms with E-state index in [-0.39, 0.29) is 5.78 Å². The van der Waals surface area contributed by atoms with Crippen molar-refractivity contribution in [3.8, 4) is 5.75 Å². The van der Waals surface area contributed by atoms with Crippen LogP contribution >= 0.6 is 38.9 Å². The maximum atomic E-state index is 12.0. The van der Waals surface area contributed by atoms with Crippen molar-refractivity contribution in [2.24, 2.45) is 0 Å². The Morgan fingerprint density at radius 3 is 2.72 bits per heavy atom. The first kappa shape index (κ1) is 13.6. The van der Waals surface area contributed by atoms with Crippen LogP contribution in [0.5, 0.6) is 5.75 Å². The summed E-state index contributed by atoms with van der Waals surface area (Å²) in [6.07, 6.45) is 0.361. The molecule has 0 fully saturated rings. The molecule has 0 amide bonds. The minimum atomic E-state index is 0.0731. The van der Waals surface area contributed by atoms with Crippen LogP contribution in [0.3, 0.4) is 0 Å². The van der Waals surface area contributed by atoms with E-state index in [4.69, 9.17) is 16.3 Å². The maximum absolute atomic E-state index is 12.0. The maximum Gasteiger partial charge on any atom is 0.177 e. The van der Waals surface area contributed by atoms with Crippen LogP contribution < -0.4 is 4.74 Å². The number of carbonyl (C=O) groups is 1. The first-order chi connectivity index (χ1) is 8.60. The van der Waals surface area contributed by atoms with Gasteiger partial charge in [0.25, 0.3) is 0 Å². The molecule has 0 aliphatic rings. The number of benzene rings is 1. The zero-order chi connectivity index (χ0) is 13.1. The van der Waals surface area contributed by atoms with E-state index in [1.807, 2.05) is 18.2 Å². The second kappa shape index (κ2) is 5.87. The van der Waals surface area contributed by atoms with Gasteiger partial charge in [-0.25, -0.2) is 0 Å². The molecule has 1 heterocycles. The van der Waals surface area contributed by atoms with Crippen LogP contribution in [0.4, 0.5) is 0 Å². The molecule has 0 aliphatic carbocycles. The lowest BCUT2D eigenvalue weighted by Crippen LogP contribution is -2.01. The summed E-state index contributed by atoms with van der Waals surface area (Å²) in [5.74, 6) is 0.828. The van der Waals surface area contributed by atoms with E-state index in [1.54, 1.807) is 19.2 Å². The fourth-order valence-electron chi connectivity index (χ4n) is 1.56. The van der Waals surface area contributed by atoms with Gasteiger partial charge in [0.15, 0.2) is 5.78 Å². The van der Waals surface area contributed by atoms with E-state index in [2.05, 4.69) is 15.9 Å². The van der Waals surface area contributed by atoms with Gasteiger partial charge in [0.2, 0.25) is 0 Å². The molecule has 2 rings (SSSR count). The van der Waals surface area contributed by atoms with Gasteiger partial charge in [0.05, 0.1) is 20.8 Å². The summed E-state index contributed by atoms with van der Waals surface area (Å²) in [6.45, 7) is 0. The van der Waals surface area contributed by atoms with Crippen LogP contribution in [0, 0.1) is 0 Å². The van der Waals surface area contributed by atoms with Gasteiger partial charge in [0.1, 0.15) is 5.75 Å². The number of carbonyl (C=O) groups excluding carboxylic acids is 1. The van der Waals surface area contributed by atoms with Crippen LogP contribution in [-0.4, -0.2) is 12.9 Å². The lowest BCUT2D eigenvalue weighted by molar-refractivity contribution is 0.0997. The van der Waals surface area contributed by atoms with Crippen LogP contribution in [0.1, 0.15) is 15.2 Å². The molecule has 18 heavy (non-hydrogen) atoms. The van der Waals surface area contributed by atoms with Crippen molar-refractivity contribution >= 4 is 44.7 Å². The molecule has 2 nitrogen and oxygen atoms in total. The van der Waals surface area contributed by atoms with Gasteiger partial charge < -0.3 is 4.74 Å². The minimum Gasteiger partial charge on any atom is -0.496 e. The molecule has 0 saturated heterocycles. The first-order valence-electron chi connectivity index (χ1n) is 5.21. The summed E-state index contributed by atoms with van der Waals surface area (Å²) in [5.41, 5.74) is 0.942. The van der Waals surface area contributed by atoms with Gasteiger partial charge in [-0.3, -0.25) is 4.79 Å². The third-order valence-corrected chi connectivity index (χ3v) is 4.32. The van der Waals surface area contributed by atoms with Crippen molar-refractivity contribution in [3.05, 3.63) is 49.6 Å². The number of ether oxygens (including phenoxy) is 1. The SMILES string of the molecule is COc1ccc(CC(=O)c2ccc(Cl)s2)cc1Br. The number of ketones is 1. The number of rotatable bonds is 4. The molecular formula is C13H10BrClO2S. The molecule has 5 heteroatoms. The molecule has 0 aliphatic heterocycles. The van der Waals surface area contributed by atoms with E-state index in [0.29, 0.717) is 15.6 Å². The molecule has 0 radical (unpaired) electrons. The standard InChI is InChI=1S/C13H10BrClO2S/c1-17-11-3-2-8(6-9(11)14)7-10(16)12-4-5-13(15)18-12/h2-6H,7H2,1H3. The molecule has 0 unspecified atom stereocenters. The number of thiophene rings is 1. The number of methoxy groups -OCH3 is 1. The number of hydrogen-bond acceptors (Lipinski definition) is 3. The van der Waals surface area contributed by atoms with Crippen LogP contribution in [-0.2, 0) is 6.42 Å². The Kier molecular flexibility index (Phi) is 4.43. The van der Waals surface area contributed by atoms with Gasteiger partial charge >= 0.3 is 0 Å². The lowest BCUT2D eigenvalue weighted by Gasteiger charge is -2.05. The molecule has 1 aromatic carbocycles. The molecule has 0 atom stereocenters. The highest BCUT2D eigenvalue weighted by Crippen LogP contribution is 2.27. The second-order valence-corrected chi connectivity index (χ2v) is 6.24. The highest BCUT2D eigenvalue weighted by Gasteiger charge is 2.11. The van der Waals surface area contributed by atoms with E-state index in [1.165, 1.54) is 11.3 Å². The van der Waals surface area contributed by atoms with Gasteiger partial charge in [-0.05, 0) is 45.8 Å². The zero-order valence-electron chi connectivity index (χ0n) is 9.57. The highest BCUT2D eigenvalue weighted by atomic mass is 79.9. The Hall–Kier alpha value is -0.840. The second-order valence-electron chi connectivity index (χ2n) is 3.67. The minimum absolute atomic E-state index is 0.0731. The van der Waals surface area contributed by atoms with Crippen molar-refractivity contribution in [2.45, 2.75) is 6.42 Å². The molecule has 0 saturated carbocycles. The number of halogens is 2. The normalized spacial score (nSPS) is 10.4. The van der Waals surface area contributed by atoms with E-state index >= 15 is 0 Å². The van der Waals surface area contributed by atoms with Gasteiger partial charge in [-0.2, -0.15) is 0 Å².